The van der Waals surface area contributed by atoms with Crippen LogP contribution in [0.4, 0.5) is 0 Å². The van der Waals surface area contributed by atoms with Gasteiger partial charge in [-0.2, -0.15) is 10.2 Å². The lowest BCUT2D eigenvalue weighted by Gasteiger charge is -2.04. The van der Waals surface area contributed by atoms with E-state index >= 15 is 0 Å². The van der Waals surface area contributed by atoms with Gasteiger partial charge in [-0.3, -0.25) is 0 Å². The van der Waals surface area contributed by atoms with Gasteiger partial charge in [0.25, 0.3) is 0 Å². The topological polar surface area (TPSA) is 24.7 Å². The van der Waals surface area contributed by atoms with Crippen LogP contribution in [-0.2, 0) is 0 Å². The van der Waals surface area contributed by atoms with Gasteiger partial charge >= 0.3 is 0 Å². The molecule has 0 amide bonds. The zero-order valence-electron chi connectivity index (χ0n) is 8.18. The fourth-order valence-electron chi connectivity index (χ4n) is 0.573. The lowest BCUT2D eigenvalue weighted by Crippen LogP contribution is -2.04. The quantitative estimate of drug-likeness (QED) is 0.441. The van der Waals surface area contributed by atoms with Crippen molar-refractivity contribution in [3.8, 4) is 0 Å². The largest absolute Gasteiger partial charge is 0.161 e. The molecule has 0 aromatic rings. The summed E-state index contributed by atoms with van der Waals surface area (Å²) in [5, 5.41) is 8.10. The Balaban J connectivity index is 4.11. The third-order valence-corrected chi connectivity index (χ3v) is 1.73. The SMILES string of the molecule is CCC(C)/C(C)=N/N=C(C)C. The van der Waals surface area contributed by atoms with Crippen molar-refractivity contribution in [1.82, 2.24) is 0 Å². The Morgan fingerprint density at radius 1 is 1.18 bits per heavy atom. The number of hydrogen-bond donors (Lipinski definition) is 0. The second-order valence-electron chi connectivity index (χ2n) is 3.10. The minimum absolute atomic E-state index is 0.554. The van der Waals surface area contributed by atoms with Gasteiger partial charge < -0.3 is 0 Å². The number of hydrogen-bond acceptors (Lipinski definition) is 2. The first-order valence-corrected chi connectivity index (χ1v) is 4.13. The zero-order valence-corrected chi connectivity index (χ0v) is 8.18. The van der Waals surface area contributed by atoms with Crippen LogP contribution in [0.1, 0.15) is 41.0 Å². The highest BCUT2D eigenvalue weighted by Crippen LogP contribution is 2.03. The summed E-state index contributed by atoms with van der Waals surface area (Å²) >= 11 is 0. The molecule has 0 heterocycles. The second-order valence-corrected chi connectivity index (χ2v) is 3.10. The average Bonchev–Trinajstić information content (AvgIpc) is 1.98. The van der Waals surface area contributed by atoms with Gasteiger partial charge in [0.15, 0.2) is 0 Å². The van der Waals surface area contributed by atoms with E-state index < -0.39 is 0 Å². The van der Waals surface area contributed by atoms with Crippen molar-refractivity contribution < 1.29 is 0 Å². The molecule has 0 rings (SSSR count). The van der Waals surface area contributed by atoms with Crippen LogP contribution in [0.25, 0.3) is 0 Å². The molecule has 0 aliphatic carbocycles. The molecule has 0 saturated heterocycles. The summed E-state index contributed by atoms with van der Waals surface area (Å²) in [6.45, 7) is 10.3. The lowest BCUT2D eigenvalue weighted by molar-refractivity contribution is 0.732. The fourth-order valence-corrected chi connectivity index (χ4v) is 0.573. The van der Waals surface area contributed by atoms with E-state index in [1.54, 1.807) is 0 Å². The molecule has 0 aliphatic rings. The van der Waals surface area contributed by atoms with Gasteiger partial charge in [-0.05, 0) is 33.1 Å². The first kappa shape index (κ1) is 10.3. The van der Waals surface area contributed by atoms with Gasteiger partial charge in [0.2, 0.25) is 0 Å². The van der Waals surface area contributed by atoms with Crippen LogP contribution < -0.4 is 0 Å². The third-order valence-electron chi connectivity index (χ3n) is 1.73. The first-order valence-electron chi connectivity index (χ1n) is 4.13. The molecular formula is C9H18N2. The molecule has 0 spiro atoms. The molecule has 0 N–H and O–H groups in total. The van der Waals surface area contributed by atoms with E-state index in [4.69, 9.17) is 0 Å². The molecule has 0 fully saturated rings. The van der Waals surface area contributed by atoms with Crippen LogP contribution in [0.15, 0.2) is 10.2 Å². The van der Waals surface area contributed by atoms with Crippen LogP contribution >= 0.6 is 0 Å². The second kappa shape index (κ2) is 5.05. The highest BCUT2D eigenvalue weighted by atomic mass is 15.2. The highest BCUT2D eigenvalue weighted by molar-refractivity contribution is 5.85. The molecule has 2 heteroatoms. The molecule has 64 valence electrons. The van der Waals surface area contributed by atoms with E-state index in [-0.39, 0.29) is 0 Å². The maximum atomic E-state index is 4.10. The zero-order chi connectivity index (χ0) is 8.85. The van der Waals surface area contributed by atoms with E-state index in [1.165, 1.54) is 0 Å². The fraction of sp³-hybridized carbons (Fsp3) is 0.778. The molecule has 0 aromatic heterocycles. The van der Waals surface area contributed by atoms with Crippen molar-refractivity contribution in [2.24, 2.45) is 16.1 Å². The first-order chi connectivity index (χ1) is 5.07. The van der Waals surface area contributed by atoms with E-state index in [2.05, 4.69) is 24.1 Å². The Hall–Kier alpha value is -0.660. The summed E-state index contributed by atoms with van der Waals surface area (Å²) in [5.41, 5.74) is 2.13. The smallest absolute Gasteiger partial charge is 0.0402 e. The van der Waals surface area contributed by atoms with Crippen molar-refractivity contribution in [2.45, 2.75) is 41.0 Å². The molecule has 0 aliphatic heterocycles. The normalized spacial score (nSPS) is 14.5. The molecule has 0 bridgehead atoms. The minimum atomic E-state index is 0.554. The Morgan fingerprint density at radius 2 is 1.73 bits per heavy atom. The Labute approximate surface area is 69.4 Å². The molecule has 1 unspecified atom stereocenters. The third kappa shape index (κ3) is 4.71. The van der Waals surface area contributed by atoms with Crippen molar-refractivity contribution >= 4 is 11.4 Å². The van der Waals surface area contributed by atoms with Crippen molar-refractivity contribution in [3.63, 3.8) is 0 Å². The Morgan fingerprint density at radius 3 is 2.09 bits per heavy atom. The van der Waals surface area contributed by atoms with E-state index in [0.29, 0.717) is 5.92 Å². The number of nitrogens with zero attached hydrogens (tertiary/aromatic N) is 2. The molecule has 11 heavy (non-hydrogen) atoms. The summed E-state index contributed by atoms with van der Waals surface area (Å²) < 4.78 is 0. The predicted molar refractivity (Wildman–Crippen MR) is 51.3 cm³/mol. The van der Waals surface area contributed by atoms with Crippen molar-refractivity contribution in [3.05, 3.63) is 0 Å². The van der Waals surface area contributed by atoms with Gasteiger partial charge in [-0.25, -0.2) is 0 Å². The number of rotatable bonds is 3. The highest BCUT2D eigenvalue weighted by Gasteiger charge is 2.00. The summed E-state index contributed by atoms with van der Waals surface area (Å²) in [6.07, 6.45) is 1.13. The van der Waals surface area contributed by atoms with Crippen molar-refractivity contribution in [1.29, 1.82) is 0 Å². The molecule has 1 atom stereocenters. The van der Waals surface area contributed by atoms with E-state index in [1.807, 2.05) is 20.8 Å². The van der Waals surface area contributed by atoms with Crippen LogP contribution in [0, 0.1) is 5.92 Å². The van der Waals surface area contributed by atoms with Gasteiger partial charge in [-0.1, -0.05) is 13.8 Å². The van der Waals surface area contributed by atoms with Crippen LogP contribution in [0.2, 0.25) is 0 Å². The van der Waals surface area contributed by atoms with E-state index in [0.717, 1.165) is 17.8 Å². The molecule has 0 radical (unpaired) electrons. The Kier molecular flexibility index (Phi) is 4.75. The summed E-state index contributed by atoms with van der Waals surface area (Å²) in [4.78, 5) is 0. The van der Waals surface area contributed by atoms with Gasteiger partial charge in [0.05, 0.1) is 0 Å². The monoisotopic (exact) mass is 154 g/mol. The lowest BCUT2D eigenvalue weighted by atomic mass is 10.1. The Bertz CT molecular complexity index is 164. The minimum Gasteiger partial charge on any atom is -0.161 e. The van der Waals surface area contributed by atoms with Crippen LogP contribution in [-0.4, -0.2) is 11.4 Å². The van der Waals surface area contributed by atoms with Gasteiger partial charge in [0, 0.05) is 11.4 Å². The summed E-state index contributed by atoms with van der Waals surface area (Å²) in [7, 11) is 0. The molecule has 0 saturated carbocycles. The van der Waals surface area contributed by atoms with Gasteiger partial charge in [0.1, 0.15) is 0 Å². The average molecular weight is 154 g/mol. The maximum absolute atomic E-state index is 4.10. The van der Waals surface area contributed by atoms with Crippen LogP contribution in [0.5, 0.6) is 0 Å². The molecular weight excluding hydrogens is 136 g/mol. The molecule has 2 nitrogen and oxygen atoms in total. The maximum Gasteiger partial charge on any atom is 0.0402 e. The standard InChI is InChI=1S/C9H18N2/c1-6-8(4)9(5)11-10-7(2)3/h8H,6H2,1-5H3/b11-9+. The summed E-state index contributed by atoms with van der Waals surface area (Å²) in [5.74, 6) is 0.554. The van der Waals surface area contributed by atoms with Crippen LogP contribution in [0.3, 0.4) is 0 Å². The summed E-state index contributed by atoms with van der Waals surface area (Å²) in [6, 6.07) is 0. The molecule has 0 aromatic carbocycles. The van der Waals surface area contributed by atoms with Crippen molar-refractivity contribution in [2.75, 3.05) is 0 Å². The van der Waals surface area contributed by atoms with Gasteiger partial charge in [-0.15, -0.1) is 0 Å². The van der Waals surface area contributed by atoms with E-state index in [9.17, 15) is 0 Å². The predicted octanol–water partition coefficient (Wildman–Crippen LogP) is 2.89.